The maximum absolute atomic E-state index is 12.5. The van der Waals surface area contributed by atoms with Gasteiger partial charge in [0.1, 0.15) is 0 Å². The summed E-state index contributed by atoms with van der Waals surface area (Å²) < 4.78 is 25.1. The molecule has 1 aromatic rings. The van der Waals surface area contributed by atoms with Crippen molar-refractivity contribution in [2.45, 2.75) is 123 Å². The van der Waals surface area contributed by atoms with Gasteiger partial charge < -0.3 is 10.2 Å². The van der Waals surface area contributed by atoms with Gasteiger partial charge in [0.2, 0.25) is 0 Å². The van der Waals surface area contributed by atoms with E-state index in [2.05, 4.69) is 64.0 Å². The average molecular weight is 747 g/mol. The summed E-state index contributed by atoms with van der Waals surface area (Å²) in [5.74, 6) is 2.25. The first-order valence-electron chi connectivity index (χ1n) is 20.9. The number of hydrogen-bond acceptors (Lipinski definition) is 6. The number of likely N-dealkylation sites (tertiary alicyclic amines) is 1. The molecule has 0 amide bonds. The normalized spacial score (nSPS) is 43.8. The molecule has 7 aliphatic rings. The van der Waals surface area contributed by atoms with Crippen LogP contribution in [0.2, 0.25) is 0 Å². The Labute approximate surface area is 319 Å². The summed E-state index contributed by atoms with van der Waals surface area (Å²) in [6.45, 7) is 23.1. The zero-order chi connectivity index (χ0) is 37.9. The molecular formula is C45H66N2O5S. The molecule has 2 N–H and O–H groups in total. The van der Waals surface area contributed by atoms with E-state index in [9.17, 15) is 23.4 Å². The average Bonchev–Trinajstić information content (AvgIpc) is 3.77. The summed E-state index contributed by atoms with van der Waals surface area (Å²) in [7, 11) is -2.92. The molecule has 2 heterocycles. The van der Waals surface area contributed by atoms with Gasteiger partial charge in [-0.15, -0.1) is 0 Å². The Kier molecular flexibility index (Phi) is 9.12. The van der Waals surface area contributed by atoms with Gasteiger partial charge >= 0.3 is 5.97 Å². The molecule has 0 radical (unpaired) electrons. The van der Waals surface area contributed by atoms with Gasteiger partial charge in [0.15, 0.2) is 9.84 Å². The second kappa shape index (κ2) is 12.8. The fraction of sp³-hybridized carbons (Fsp3) is 0.756. The molecule has 2 saturated heterocycles. The highest BCUT2D eigenvalue weighted by Gasteiger charge is 2.71. The van der Waals surface area contributed by atoms with E-state index in [0.717, 1.165) is 37.9 Å². The molecule has 7 nitrogen and oxygen atoms in total. The van der Waals surface area contributed by atoms with Crippen molar-refractivity contribution in [3.05, 3.63) is 53.6 Å². The van der Waals surface area contributed by atoms with Gasteiger partial charge in [-0.1, -0.05) is 65.0 Å². The Bertz CT molecular complexity index is 1790. The number of aliphatic hydroxyl groups excluding tert-OH is 1. The zero-order valence-corrected chi connectivity index (χ0v) is 34.2. The first-order chi connectivity index (χ1) is 24.9. The highest BCUT2D eigenvalue weighted by atomic mass is 32.2. The molecule has 6 fully saturated rings. The fourth-order valence-electron chi connectivity index (χ4n) is 15.5. The van der Waals surface area contributed by atoms with E-state index in [-0.39, 0.29) is 45.1 Å². The number of aromatic carboxylic acids is 1. The molecule has 4 saturated carbocycles. The van der Waals surface area contributed by atoms with Crippen molar-refractivity contribution in [3.63, 3.8) is 0 Å². The number of hydrogen-bond donors (Lipinski definition) is 2. The Morgan fingerprint density at radius 2 is 1.68 bits per heavy atom. The predicted molar refractivity (Wildman–Crippen MR) is 212 cm³/mol. The number of carboxylic acids is 1. The lowest BCUT2D eigenvalue weighted by atomic mass is 9.33. The van der Waals surface area contributed by atoms with Crippen LogP contribution in [0.5, 0.6) is 0 Å². The van der Waals surface area contributed by atoms with Crippen LogP contribution in [0.1, 0.15) is 122 Å². The number of benzene rings is 1. The van der Waals surface area contributed by atoms with E-state index in [0.29, 0.717) is 54.0 Å². The Balaban J connectivity index is 1.09. The Hall–Kier alpha value is -2.00. The highest BCUT2D eigenvalue weighted by molar-refractivity contribution is 7.92. The minimum Gasteiger partial charge on any atom is -0.478 e. The van der Waals surface area contributed by atoms with Gasteiger partial charge in [0.05, 0.1) is 23.2 Å². The van der Waals surface area contributed by atoms with Crippen molar-refractivity contribution in [2.24, 2.45) is 51.2 Å². The number of sulfone groups is 1. The quantitative estimate of drug-likeness (QED) is 0.248. The van der Waals surface area contributed by atoms with Crippen LogP contribution >= 0.6 is 0 Å². The summed E-state index contributed by atoms with van der Waals surface area (Å²) in [5, 5.41) is 19.9. The molecule has 11 atom stereocenters. The van der Waals surface area contributed by atoms with Crippen LogP contribution in [0.25, 0.3) is 5.57 Å². The topological polar surface area (TPSA) is 98.2 Å². The third-order valence-corrected chi connectivity index (χ3v) is 20.3. The van der Waals surface area contributed by atoms with E-state index >= 15 is 0 Å². The summed E-state index contributed by atoms with van der Waals surface area (Å²) in [6.07, 6.45) is 14.1. The van der Waals surface area contributed by atoms with Crippen molar-refractivity contribution in [1.29, 1.82) is 0 Å². The standard InChI is InChI=1S/C45H66N2O5S/c1-29(2)34-14-19-45(47(24-25-48)23-22-46-27-33-26-32(46)28-53(33,51)52)21-20-43(6)36(39(34)45)12-13-38-42(5)17-15-35(30-8-10-31(11-9-30)40(49)50)41(3,4)37(42)16-18-44(38,43)7/h8-11,15,32-34,36-39,48H,1,12-14,16-28H2,2-7H3,(H,49,50)/t32?,33-,34-,36+,37-,38+,39+,42-,43+,44+,45-/m0/s1. The van der Waals surface area contributed by atoms with Gasteiger partial charge in [-0.2, -0.15) is 0 Å². The van der Waals surface area contributed by atoms with Crippen LogP contribution in [0.3, 0.4) is 0 Å². The molecule has 1 unspecified atom stereocenters. The van der Waals surface area contributed by atoms with Crippen molar-refractivity contribution in [2.75, 3.05) is 38.5 Å². The zero-order valence-electron chi connectivity index (χ0n) is 33.4. The van der Waals surface area contributed by atoms with E-state index in [1.807, 2.05) is 12.1 Å². The molecule has 2 aliphatic heterocycles. The predicted octanol–water partition coefficient (Wildman–Crippen LogP) is 7.95. The maximum Gasteiger partial charge on any atom is 0.335 e. The third kappa shape index (κ3) is 5.40. The molecule has 2 bridgehead atoms. The van der Waals surface area contributed by atoms with Gasteiger partial charge in [0, 0.05) is 37.8 Å². The lowest BCUT2D eigenvalue weighted by molar-refractivity contribution is -0.228. The van der Waals surface area contributed by atoms with E-state index in [1.54, 1.807) is 12.1 Å². The largest absolute Gasteiger partial charge is 0.478 e. The van der Waals surface area contributed by atoms with Crippen LogP contribution in [-0.4, -0.2) is 89.8 Å². The number of nitrogens with zero attached hydrogens (tertiary/aromatic N) is 2. The third-order valence-electron chi connectivity index (χ3n) is 18.1. The molecule has 8 rings (SSSR count). The van der Waals surface area contributed by atoms with Crippen molar-refractivity contribution < 1.29 is 23.4 Å². The highest BCUT2D eigenvalue weighted by Crippen LogP contribution is 2.77. The number of rotatable bonds is 9. The summed E-state index contributed by atoms with van der Waals surface area (Å²) in [5.41, 5.74) is 4.88. The molecule has 0 spiro atoms. The van der Waals surface area contributed by atoms with Crippen LogP contribution in [0.4, 0.5) is 0 Å². The molecule has 292 valence electrons. The van der Waals surface area contributed by atoms with E-state index in [4.69, 9.17) is 0 Å². The number of carboxylic acid groups (broad SMARTS) is 1. The number of allylic oxidation sites excluding steroid dienone is 3. The maximum atomic E-state index is 12.5. The van der Waals surface area contributed by atoms with Crippen LogP contribution in [-0.2, 0) is 9.84 Å². The smallest absolute Gasteiger partial charge is 0.335 e. The second-order valence-electron chi connectivity index (χ2n) is 20.3. The van der Waals surface area contributed by atoms with Crippen molar-refractivity contribution in [1.82, 2.24) is 9.80 Å². The SMILES string of the molecule is C=C(C)[C@@H]1CC[C@]2(N(CCO)CCN3C[C@@H]4CC3CS4(=O)=O)CC[C@]3(C)[C@H](CC[C@@H]4[C@@]5(C)CC=C(c6ccc(C(=O)O)cc6)C(C)(C)[C@@H]5CC[C@]43C)[C@@H]12. The number of carbonyl (C=O) groups is 1. The van der Waals surface area contributed by atoms with Crippen molar-refractivity contribution in [3.8, 4) is 0 Å². The van der Waals surface area contributed by atoms with E-state index < -0.39 is 15.8 Å². The van der Waals surface area contributed by atoms with Crippen LogP contribution in [0.15, 0.2) is 42.5 Å². The molecule has 8 heteroatoms. The van der Waals surface area contributed by atoms with Crippen LogP contribution in [0, 0.1) is 51.2 Å². The monoisotopic (exact) mass is 746 g/mol. The van der Waals surface area contributed by atoms with Gasteiger partial charge in [0.25, 0.3) is 0 Å². The van der Waals surface area contributed by atoms with Crippen LogP contribution < -0.4 is 0 Å². The first kappa shape index (κ1) is 37.9. The molecule has 5 aliphatic carbocycles. The fourth-order valence-corrected chi connectivity index (χ4v) is 17.6. The Morgan fingerprint density at radius 3 is 2.30 bits per heavy atom. The lowest BCUT2D eigenvalue weighted by Crippen LogP contribution is -2.68. The number of β-amino-alcohol motifs (C(OH)–C–C–N with tert-alkyl or cyclic N) is 1. The van der Waals surface area contributed by atoms with Crippen molar-refractivity contribution >= 4 is 21.4 Å². The lowest BCUT2D eigenvalue weighted by Gasteiger charge is -2.73. The second-order valence-corrected chi connectivity index (χ2v) is 22.6. The Morgan fingerprint density at radius 1 is 0.943 bits per heavy atom. The van der Waals surface area contributed by atoms with Gasteiger partial charge in [-0.3, -0.25) is 9.80 Å². The minimum atomic E-state index is -2.92. The summed E-state index contributed by atoms with van der Waals surface area (Å²) >= 11 is 0. The molecule has 0 aromatic heterocycles. The minimum absolute atomic E-state index is 0.0150. The van der Waals surface area contributed by atoms with Gasteiger partial charge in [-0.25, -0.2) is 13.2 Å². The van der Waals surface area contributed by atoms with E-state index in [1.165, 1.54) is 56.1 Å². The number of aliphatic hydroxyl groups is 1. The van der Waals surface area contributed by atoms with Gasteiger partial charge in [-0.05, 0) is 146 Å². The molecule has 53 heavy (non-hydrogen) atoms. The summed E-state index contributed by atoms with van der Waals surface area (Å²) in [4.78, 5) is 16.7. The number of fused-ring (bicyclic) bond motifs is 9. The first-order valence-corrected chi connectivity index (χ1v) is 22.7. The summed E-state index contributed by atoms with van der Waals surface area (Å²) in [6, 6.07) is 7.73. The molecule has 1 aromatic carbocycles. The molecular weight excluding hydrogens is 681 g/mol.